The van der Waals surface area contributed by atoms with Gasteiger partial charge in [0.1, 0.15) is 21.2 Å². The summed E-state index contributed by atoms with van der Waals surface area (Å²) in [6.45, 7) is 5.69. The van der Waals surface area contributed by atoms with Crippen molar-refractivity contribution in [1.82, 2.24) is 4.98 Å². The Morgan fingerprint density at radius 2 is 1.38 bits per heavy atom. The van der Waals surface area contributed by atoms with Gasteiger partial charge in [0, 0.05) is 16.5 Å². The van der Waals surface area contributed by atoms with E-state index in [1.54, 1.807) is 43.7 Å². The van der Waals surface area contributed by atoms with Crippen LogP contribution in [-0.2, 0) is 36.1 Å². The van der Waals surface area contributed by atoms with E-state index in [-0.39, 0.29) is 52.3 Å². The van der Waals surface area contributed by atoms with Gasteiger partial charge >= 0.3 is 30.3 Å². The minimum Gasteiger partial charge on any atom is -0.496 e. The van der Waals surface area contributed by atoms with E-state index in [4.69, 9.17) is 31.5 Å². The lowest BCUT2D eigenvalue weighted by molar-refractivity contribution is -0.138. The first kappa shape index (κ1) is 44.3. The molecule has 0 aliphatic rings. The fourth-order valence-electron chi connectivity index (χ4n) is 4.49. The van der Waals surface area contributed by atoms with Crippen molar-refractivity contribution in [3.63, 3.8) is 0 Å². The number of aromatic nitrogens is 1. The lowest BCUT2D eigenvalue weighted by Gasteiger charge is -2.13. The number of esters is 3. The number of ether oxygens (including phenoxy) is 4. The zero-order valence-corrected chi connectivity index (χ0v) is 31.9. The molecule has 0 unspecified atom stereocenters. The Morgan fingerprint density at radius 1 is 0.800 bits per heavy atom. The average Bonchev–Trinajstić information content (AvgIpc) is 3.80. The standard InChI is InChI=1S/C17H11ClF3NO2S.C13H13F3O3.C7H9NO2S/c1-2-24-16(23)12-13(18)11-6-7-25-15(11)22-14(12)9-4-3-5-10(8-9)17(19,20)21;1-3-19-12(17)8-11(18-2)9-5-4-6-10(7-9)13(14,15)16;1-2-10-7(9)5-3-4-11-6(5)8/h3-8H,2H2,1H3;4-8H,3H2,1-2H3;3-4H,2,8H2,1H3. The number of hydrogen-bond donors (Lipinski definition) is 1. The fraction of sp³-hybridized carbons (Fsp3) is 0.243. The summed E-state index contributed by atoms with van der Waals surface area (Å²) < 4.78 is 96.1. The predicted octanol–water partition coefficient (Wildman–Crippen LogP) is 10.6. The van der Waals surface area contributed by atoms with Crippen molar-refractivity contribution in [2.45, 2.75) is 33.1 Å². The van der Waals surface area contributed by atoms with E-state index in [2.05, 4.69) is 9.72 Å². The van der Waals surface area contributed by atoms with Crippen molar-refractivity contribution in [1.29, 1.82) is 0 Å². The van der Waals surface area contributed by atoms with Gasteiger partial charge in [-0.2, -0.15) is 26.3 Å². The molecule has 0 fully saturated rings. The highest BCUT2D eigenvalue weighted by atomic mass is 35.5. The highest BCUT2D eigenvalue weighted by Crippen LogP contribution is 2.38. The van der Waals surface area contributed by atoms with Crippen LogP contribution < -0.4 is 5.73 Å². The van der Waals surface area contributed by atoms with Gasteiger partial charge in [0.2, 0.25) is 0 Å². The summed E-state index contributed by atoms with van der Waals surface area (Å²) in [4.78, 5) is 39.5. The van der Waals surface area contributed by atoms with E-state index >= 15 is 0 Å². The van der Waals surface area contributed by atoms with Gasteiger partial charge in [0.25, 0.3) is 0 Å². The third-order valence-electron chi connectivity index (χ3n) is 6.91. The number of methoxy groups -OCH3 is 1. The second-order valence-electron chi connectivity index (χ2n) is 10.6. The summed E-state index contributed by atoms with van der Waals surface area (Å²) in [5.41, 5.74) is 4.67. The van der Waals surface area contributed by atoms with Gasteiger partial charge in [-0.05, 0) is 67.9 Å². The van der Waals surface area contributed by atoms with Crippen LogP contribution in [-0.4, -0.2) is 49.8 Å². The minimum absolute atomic E-state index is 0.0181. The van der Waals surface area contributed by atoms with Crippen LogP contribution in [0, 0.1) is 0 Å². The average molecular weight is 831 g/mol. The molecule has 2 aromatic carbocycles. The smallest absolute Gasteiger partial charge is 0.416 e. The number of thiophene rings is 2. The summed E-state index contributed by atoms with van der Waals surface area (Å²) in [7, 11) is 1.27. The lowest BCUT2D eigenvalue weighted by Crippen LogP contribution is -2.10. The number of anilines is 1. The highest BCUT2D eigenvalue weighted by molar-refractivity contribution is 7.16. The summed E-state index contributed by atoms with van der Waals surface area (Å²) in [6, 6.07) is 12.5. The van der Waals surface area contributed by atoms with Crippen molar-refractivity contribution in [2.75, 3.05) is 32.7 Å². The van der Waals surface area contributed by atoms with Crippen LogP contribution >= 0.6 is 34.3 Å². The second-order valence-corrected chi connectivity index (χ2v) is 12.8. The summed E-state index contributed by atoms with van der Waals surface area (Å²) in [5, 5.41) is 4.71. The van der Waals surface area contributed by atoms with Crippen molar-refractivity contribution in [3.8, 4) is 11.3 Å². The number of nitrogens with zero attached hydrogens (tertiary/aromatic N) is 1. The molecule has 3 heterocycles. The van der Waals surface area contributed by atoms with Gasteiger partial charge in [-0.1, -0.05) is 35.9 Å². The molecular weight excluding hydrogens is 798 g/mol. The van der Waals surface area contributed by atoms with Gasteiger partial charge in [0.05, 0.1) is 60.4 Å². The molecule has 9 nitrogen and oxygen atoms in total. The number of carbonyl (C=O) groups excluding carboxylic acids is 3. The van der Waals surface area contributed by atoms with Crippen LogP contribution in [0.25, 0.3) is 27.2 Å². The Bertz CT molecular complexity index is 2130. The quantitative estimate of drug-likeness (QED) is 0.0508. The van der Waals surface area contributed by atoms with Gasteiger partial charge in [-0.25, -0.2) is 19.4 Å². The zero-order chi connectivity index (χ0) is 40.9. The fourth-order valence-corrected chi connectivity index (χ4v) is 6.27. The molecular formula is C37H33ClF6N2O7S2. The number of nitrogen functional groups attached to an aromatic ring is 1. The molecule has 0 aliphatic heterocycles. The maximum atomic E-state index is 13.0. The van der Waals surface area contributed by atoms with Gasteiger partial charge in [-0.15, -0.1) is 22.7 Å². The number of alkyl halides is 6. The van der Waals surface area contributed by atoms with E-state index in [0.29, 0.717) is 27.4 Å². The molecule has 0 radical (unpaired) electrons. The Labute approximate surface area is 324 Å². The first-order valence-electron chi connectivity index (χ1n) is 16.0. The van der Waals surface area contributed by atoms with Crippen molar-refractivity contribution >= 4 is 73.2 Å². The number of carbonyl (C=O) groups is 3. The maximum Gasteiger partial charge on any atom is 0.416 e. The second kappa shape index (κ2) is 20.0. The largest absolute Gasteiger partial charge is 0.496 e. The molecule has 0 aliphatic carbocycles. The Morgan fingerprint density at radius 3 is 1.95 bits per heavy atom. The van der Waals surface area contributed by atoms with Crippen molar-refractivity contribution in [2.24, 2.45) is 0 Å². The zero-order valence-electron chi connectivity index (χ0n) is 29.5. The molecule has 5 aromatic rings. The number of pyridine rings is 1. The number of nitrogens with two attached hydrogens (primary N) is 1. The molecule has 0 bridgehead atoms. The van der Waals surface area contributed by atoms with Crippen LogP contribution in [0.15, 0.2) is 77.5 Å². The topological polar surface area (TPSA) is 127 Å². The predicted molar refractivity (Wildman–Crippen MR) is 199 cm³/mol. The normalized spacial score (nSPS) is 11.4. The molecule has 0 saturated heterocycles. The van der Waals surface area contributed by atoms with Crippen molar-refractivity contribution < 1.29 is 59.7 Å². The third-order valence-corrected chi connectivity index (χ3v) is 8.86. The molecule has 2 N–H and O–H groups in total. The Kier molecular flexibility index (Phi) is 16.1. The molecule has 0 saturated carbocycles. The lowest BCUT2D eigenvalue weighted by atomic mass is 10.0. The van der Waals surface area contributed by atoms with Crippen molar-refractivity contribution in [3.05, 3.63) is 110 Å². The number of halogens is 7. The van der Waals surface area contributed by atoms with Crippen LogP contribution in [0.2, 0.25) is 5.02 Å². The molecule has 294 valence electrons. The monoisotopic (exact) mass is 830 g/mol. The molecule has 5 rings (SSSR count). The maximum absolute atomic E-state index is 13.0. The SMILES string of the molecule is CCOC(=O)C=C(OC)c1cccc(C(F)(F)F)c1.CCOC(=O)c1c(-c2cccc(C(F)(F)F)c2)nc2sccc2c1Cl.CCOC(=O)c1ccsc1N. The van der Waals surface area contributed by atoms with E-state index in [0.717, 1.165) is 30.3 Å². The van der Waals surface area contributed by atoms with Gasteiger partial charge < -0.3 is 24.7 Å². The molecule has 3 aromatic heterocycles. The van der Waals surface area contributed by atoms with Crippen LogP contribution in [0.3, 0.4) is 0 Å². The molecule has 18 heteroatoms. The third kappa shape index (κ3) is 12.2. The Hall–Kier alpha value is -5.13. The number of hydrogen-bond acceptors (Lipinski definition) is 11. The van der Waals surface area contributed by atoms with E-state index in [1.165, 1.54) is 54.0 Å². The number of benzene rings is 2. The molecule has 55 heavy (non-hydrogen) atoms. The summed E-state index contributed by atoms with van der Waals surface area (Å²) in [5.74, 6) is -1.71. The van der Waals surface area contributed by atoms with Crippen LogP contribution in [0.5, 0.6) is 0 Å². The van der Waals surface area contributed by atoms with E-state index in [9.17, 15) is 40.7 Å². The van der Waals surface area contributed by atoms with Gasteiger partial charge in [-0.3, -0.25) is 0 Å². The first-order valence-corrected chi connectivity index (χ1v) is 18.1. The summed E-state index contributed by atoms with van der Waals surface area (Å²) >= 11 is 8.96. The Balaban J connectivity index is 0.000000239. The minimum atomic E-state index is -4.50. The first-order chi connectivity index (χ1) is 26.0. The van der Waals surface area contributed by atoms with Gasteiger partial charge in [0.15, 0.2) is 0 Å². The number of rotatable bonds is 9. The van der Waals surface area contributed by atoms with E-state index in [1.807, 2.05) is 0 Å². The van der Waals surface area contributed by atoms with Crippen LogP contribution in [0.1, 0.15) is 58.2 Å². The highest BCUT2D eigenvalue weighted by Gasteiger charge is 2.32. The molecule has 0 atom stereocenters. The molecule has 0 amide bonds. The number of fused-ring (bicyclic) bond motifs is 1. The summed E-state index contributed by atoms with van der Waals surface area (Å²) in [6.07, 6.45) is -7.94. The van der Waals surface area contributed by atoms with Crippen LogP contribution in [0.4, 0.5) is 31.3 Å². The molecule has 0 spiro atoms. The van der Waals surface area contributed by atoms with E-state index < -0.39 is 35.4 Å².